The SMILES string of the molecule is Cc1ccc(OCCCCNC(=O)C(C)N)cc1.Cl. The molecule has 1 rings (SSSR count). The minimum atomic E-state index is -0.436. The quantitative estimate of drug-likeness (QED) is 0.754. The number of benzene rings is 1. The average Bonchev–Trinajstić information content (AvgIpc) is 2.35. The molecule has 0 bridgehead atoms. The summed E-state index contributed by atoms with van der Waals surface area (Å²) in [5.41, 5.74) is 6.65. The van der Waals surface area contributed by atoms with E-state index in [-0.39, 0.29) is 18.3 Å². The summed E-state index contributed by atoms with van der Waals surface area (Å²) in [7, 11) is 0. The van der Waals surface area contributed by atoms with Gasteiger partial charge in [-0.15, -0.1) is 12.4 Å². The number of halogens is 1. The van der Waals surface area contributed by atoms with Crippen LogP contribution in [0.25, 0.3) is 0 Å². The van der Waals surface area contributed by atoms with Crippen LogP contribution < -0.4 is 15.8 Å². The van der Waals surface area contributed by atoms with Crippen molar-refractivity contribution in [2.45, 2.75) is 32.7 Å². The summed E-state index contributed by atoms with van der Waals surface area (Å²) in [5, 5.41) is 2.77. The number of rotatable bonds is 7. The third-order valence-electron chi connectivity index (χ3n) is 2.57. The number of nitrogens with one attached hydrogen (secondary N) is 1. The van der Waals surface area contributed by atoms with Gasteiger partial charge >= 0.3 is 0 Å². The van der Waals surface area contributed by atoms with E-state index in [0.717, 1.165) is 18.6 Å². The van der Waals surface area contributed by atoms with Crippen LogP contribution in [-0.4, -0.2) is 25.1 Å². The molecule has 0 saturated heterocycles. The van der Waals surface area contributed by atoms with Crippen molar-refractivity contribution in [3.8, 4) is 5.75 Å². The van der Waals surface area contributed by atoms with E-state index in [2.05, 4.69) is 5.32 Å². The molecule has 0 fully saturated rings. The van der Waals surface area contributed by atoms with Crippen LogP contribution in [0.4, 0.5) is 0 Å². The highest BCUT2D eigenvalue weighted by Gasteiger charge is 2.04. The van der Waals surface area contributed by atoms with Crippen LogP contribution in [-0.2, 0) is 4.79 Å². The number of unbranched alkanes of at least 4 members (excludes halogenated alkanes) is 1. The maximum Gasteiger partial charge on any atom is 0.236 e. The number of carbonyl (C=O) groups is 1. The summed E-state index contributed by atoms with van der Waals surface area (Å²) in [6.45, 7) is 5.04. The molecule has 108 valence electrons. The maximum atomic E-state index is 11.2. The van der Waals surface area contributed by atoms with Gasteiger partial charge in [0.25, 0.3) is 0 Å². The molecule has 1 unspecified atom stereocenters. The van der Waals surface area contributed by atoms with Gasteiger partial charge in [-0.2, -0.15) is 0 Å². The Labute approximate surface area is 121 Å². The van der Waals surface area contributed by atoms with Gasteiger partial charge in [-0.05, 0) is 38.8 Å². The summed E-state index contributed by atoms with van der Waals surface area (Å²) in [6, 6.07) is 7.55. The van der Waals surface area contributed by atoms with Gasteiger partial charge in [0.1, 0.15) is 5.75 Å². The molecule has 19 heavy (non-hydrogen) atoms. The van der Waals surface area contributed by atoms with Gasteiger partial charge in [0.15, 0.2) is 0 Å². The van der Waals surface area contributed by atoms with Crippen LogP contribution in [0.1, 0.15) is 25.3 Å². The smallest absolute Gasteiger partial charge is 0.236 e. The van der Waals surface area contributed by atoms with Gasteiger partial charge in [0.05, 0.1) is 12.6 Å². The number of carbonyl (C=O) groups excluding carboxylic acids is 1. The largest absolute Gasteiger partial charge is 0.494 e. The molecular weight excluding hydrogens is 264 g/mol. The van der Waals surface area contributed by atoms with Crippen molar-refractivity contribution in [2.24, 2.45) is 5.73 Å². The second kappa shape index (κ2) is 9.64. The van der Waals surface area contributed by atoms with Crippen molar-refractivity contribution in [2.75, 3.05) is 13.2 Å². The molecule has 0 aliphatic carbocycles. The molecule has 0 aliphatic heterocycles. The van der Waals surface area contributed by atoms with Crippen molar-refractivity contribution in [3.63, 3.8) is 0 Å². The first kappa shape index (κ1) is 17.7. The monoisotopic (exact) mass is 286 g/mol. The van der Waals surface area contributed by atoms with Crippen LogP contribution in [0.5, 0.6) is 5.75 Å². The molecule has 1 amide bonds. The first-order chi connectivity index (χ1) is 8.59. The molecule has 0 spiro atoms. The normalized spacial score (nSPS) is 11.3. The lowest BCUT2D eigenvalue weighted by Gasteiger charge is -2.08. The van der Waals surface area contributed by atoms with Gasteiger partial charge in [-0.25, -0.2) is 0 Å². The Morgan fingerprint density at radius 3 is 2.53 bits per heavy atom. The van der Waals surface area contributed by atoms with E-state index in [0.29, 0.717) is 13.2 Å². The fourth-order valence-electron chi connectivity index (χ4n) is 1.42. The van der Waals surface area contributed by atoms with Crippen molar-refractivity contribution in [1.29, 1.82) is 0 Å². The Morgan fingerprint density at radius 1 is 1.32 bits per heavy atom. The van der Waals surface area contributed by atoms with Crippen LogP contribution in [0.2, 0.25) is 0 Å². The number of nitrogens with two attached hydrogens (primary N) is 1. The lowest BCUT2D eigenvalue weighted by atomic mass is 10.2. The predicted octanol–water partition coefficient (Wildman–Crippen LogP) is 2.04. The number of hydrogen-bond acceptors (Lipinski definition) is 3. The molecule has 0 aliphatic rings. The van der Waals surface area contributed by atoms with Crippen molar-refractivity contribution < 1.29 is 9.53 Å². The highest BCUT2D eigenvalue weighted by Crippen LogP contribution is 2.11. The lowest BCUT2D eigenvalue weighted by molar-refractivity contribution is -0.121. The van der Waals surface area contributed by atoms with Crippen molar-refractivity contribution in [3.05, 3.63) is 29.8 Å². The Balaban J connectivity index is 0.00000324. The van der Waals surface area contributed by atoms with E-state index in [1.54, 1.807) is 6.92 Å². The van der Waals surface area contributed by atoms with Crippen LogP contribution in [0, 0.1) is 6.92 Å². The standard InChI is InChI=1S/C14H22N2O2.ClH/c1-11-5-7-13(8-6-11)18-10-4-3-9-16-14(17)12(2)15;/h5-8,12H,3-4,9-10,15H2,1-2H3,(H,16,17);1H. The summed E-state index contributed by atoms with van der Waals surface area (Å²) < 4.78 is 5.58. The molecule has 0 aromatic heterocycles. The Hall–Kier alpha value is -1.26. The molecule has 1 aromatic carbocycles. The Kier molecular flexibility index (Phi) is 9.00. The van der Waals surface area contributed by atoms with Gasteiger partial charge in [0, 0.05) is 6.54 Å². The minimum absolute atomic E-state index is 0. The van der Waals surface area contributed by atoms with E-state index in [9.17, 15) is 4.79 Å². The summed E-state index contributed by atoms with van der Waals surface area (Å²) in [4.78, 5) is 11.2. The van der Waals surface area contributed by atoms with Crippen molar-refractivity contribution in [1.82, 2.24) is 5.32 Å². The summed E-state index contributed by atoms with van der Waals surface area (Å²) >= 11 is 0. The highest BCUT2D eigenvalue weighted by atomic mass is 35.5. The first-order valence-electron chi connectivity index (χ1n) is 6.32. The zero-order chi connectivity index (χ0) is 13.4. The Morgan fingerprint density at radius 2 is 1.95 bits per heavy atom. The van der Waals surface area contributed by atoms with E-state index in [1.165, 1.54) is 5.56 Å². The predicted molar refractivity (Wildman–Crippen MR) is 79.8 cm³/mol. The first-order valence-corrected chi connectivity index (χ1v) is 6.32. The van der Waals surface area contributed by atoms with E-state index < -0.39 is 6.04 Å². The zero-order valence-corrected chi connectivity index (χ0v) is 12.3. The molecular formula is C14H23ClN2O2. The highest BCUT2D eigenvalue weighted by molar-refractivity contribution is 5.85. The van der Waals surface area contributed by atoms with Gasteiger partial charge < -0.3 is 15.8 Å². The van der Waals surface area contributed by atoms with Crippen LogP contribution >= 0.6 is 12.4 Å². The average molecular weight is 287 g/mol. The topological polar surface area (TPSA) is 64.3 Å². The van der Waals surface area contributed by atoms with Crippen LogP contribution in [0.3, 0.4) is 0 Å². The molecule has 4 nitrogen and oxygen atoms in total. The maximum absolute atomic E-state index is 11.2. The molecule has 5 heteroatoms. The summed E-state index contributed by atoms with van der Waals surface area (Å²) in [5.74, 6) is 0.787. The van der Waals surface area contributed by atoms with Gasteiger partial charge in [-0.1, -0.05) is 17.7 Å². The van der Waals surface area contributed by atoms with Crippen molar-refractivity contribution >= 4 is 18.3 Å². The minimum Gasteiger partial charge on any atom is -0.494 e. The number of aryl methyl sites for hydroxylation is 1. The second-order valence-electron chi connectivity index (χ2n) is 4.45. The summed E-state index contributed by atoms with van der Waals surface area (Å²) in [6.07, 6.45) is 1.80. The third-order valence-corrected chi connectivity index (χ3v) is 2.57. The number of amides is 1. The molecule has 0 heterocycles. The van der Waals surface area contributed by atoms with Gasteiger partial charge in [0.2, 0.25) is 5.91 Å². The second-order valence-corrected chi connectivity index (χ2v) is 4.45. The zero-order valence-electron chi connectivity index (χ0n) is 11.5. The number of hydrogen-bond donors (Lipinski definition) is 2. The third kappa shape index (κ3) is 7.70. The lowest BCUT2D eigenvalue weighted by Crippen LogP contribution is -2.38. The van der Waals surface area contributed by atoms with E-state index in [1.807, 2.05) is 31.2 Å². The molecule has 0 radical (unpaired) electrons. The molecule has 1 atom stereocenters. The molecule has 0 saturated carbocycles. The van der Waals surface area contributed by atoms with Crippen LogP contribution in [0.15, 0.2) is 24.3 Å². The van der Waals surface area contributed by atoms with E-state index in [4.69, 9.17) is 10.5 Å². The molecule has 3 N–H and O–H groups in total. The molecule has 1 aromatic rings. The van der Waals surface area contributed by atoms with Gasteiger partial charge in [-0.3, -0.25) is 4.79 Å². The fraction of sp³-hybridized carbons (Fsp3) is 0.500. The van der Waals surface area contributed by atoms with E-state index >= 15 is 0 Å². The number of ether oxygens (including phenoxy) is 1. The fourth-order valence-corrected chi connectivity index (χ4v) is 1.42. The Bertz CT molecular complexity index is 366.